The maximum atomic E-state index is 13.5. The van der Waals surface area contributed by atoms with Crippen LogP contribution < -0.4 is 0 Å². The molecule has 0 aromatic carbocycles. The van der Waals surface area contributed by atoms with Gasteiger partial charge in [-0.25, -0.2) is 0 Å². The third-order valence-electron chi connectivity index (χ3n) is 6.25. The highest BCUT2D eigenvalue weighted by Gasteiger charge is 2.58. The highest BCUT2D eigenvalue weighted by Crippen LogP contribution is 2.43. The third kappa shape index (κ3) is 3.33. The number of aryl methyl sites for hydroxylation is 2. The first-order chi connectivity index (χ1) is 13.3. The average molecular weight is 390 g/mol. The summed E-state index contributed by atoms with van der Waals surface area (Å²) in [5.41, 5.74) is 1.25. The minimum atomic E-state index is -0.623. The van der Waals surface area contributed by atoms with E-state index in [2.05, 4.69) is 5.10 Å². The van der Waals surface area contributed by atoms with E-state index in [1.54, 1.807) is 4.68 Å². The van der Waals surface area contributed by atoms with Crippen LogP contribution in [0.1, 0.15) is 25.2 Å². The lowest BCUT2D eigenvalue weighted by atomic mass is 9.79. The molecule has 0 unspecified atom stereocenters. The van der Waals surface area contributed by atoms with Crippen molar-refractivity contribution < 1.29 is 19.1 Å². The second-order valence-corrected chi connectivity index (χ2v) is 8.69. The van der Waals surface area contributed by atoms with Crippen molar-refractivity contribution in [2.75, 3.05) is 39.4 Å². The number of morpholine rings is 1. The summed E-state index contributed by atoms with van der Waals surface area (Å²) in [4.78, 5) is 30.2. The normalized spacial score (nSPS) is 32.6. The first-order valence-electron chi connectivity index (χ1n) is 10.1. The molecule has 3 fully saturated rings. The average Bonchev–Trinajstić information content (AvgIpc) is 3.26. The Kier molecular flexibility index (Phi) is 4.95. The van der Waals surface area contributed by atoms with E-state index in [0.29, 0.717) is 39.4 Å². The van der Waals surface area contributed by atoms with E-state index in [-0.39, 0.29) is 36.5 Å². The van der Waals surface area contributed by atoms with Gasteiger partial charge < -0.3 is 19.3 Å². The van der Waals surface area contributed by atoms with E-state index in [1.165, 1.54) is 0 Å². The van der Waals surface area contributed by atoms with Gasteiger partial charge in [-0.15, -0.1) is 0 Å². The molecular formula is C20H30N4O4. The Bertz CT molecular complexity index is 768. The Morgan fingerprint density at radius 2 is 1.89 bits per heavy atom. The number of carbonyl (C=O) groups is 2. The van der Waals surface area contributed by atoms with Crippen LogP contribution in [0.2, 0.25) is 0 Å². The second kappa shape index (κ2) is 7.15. The molecule has 0 radical (unpaired) electrons. The van der Waals surface area contributed by atoms with E-state index in [9.17, 15) is 9.59 Å². The molecular weight excluding hydrogens is 360 g/mol. The number of nitrogens with zero attached hydrogens (tertiary/aromatic N) is 4. The van der Waals surface area contributed by atoms with Crippen LogP contribution in [0.5, 0.6) is 0 Å². The molecule has 154 valence electrons. The zero-order valence-electron chi connectivity index (χ0n) is 17.2. The number of carbonyl (C=O) groups excluding carboxylic acids is 2. The minimum Gasteiger partial charge on any atom is -0.380 e. The van der Waals surface area contributed by atoms with E-state index in [0.717, 1.165) is 11.4 Å². The van der Waals surface area contributed by atoms with Crippen molar-refractivity contribution in [1.29, 1.82) is 0 Å². The quantitative estimate of drug-likeness (QED) is 0.756. The van der Waals surface area contributed by atoms with Gasteiger partial charge in [-0.3, -0.25) is 14.3 Å². The molecule has 3 aliphatic rings. The van der Waals surface area contributed by atoms with Crippen molar-refractivity contribution in [3.63, 3.8) is 0 Å². The lowest BCUT2D eigenvalue weighted by Crippen LogP contribution is -2.55. The SMILES string of the molecule is Cc1cc(C)n(CC(=O)N2C[C@@H]3COC[C@]3(C(=O)N3C[C@@H](C)O[C@@H](C)C3)C2)n1. The molecule has 1 aromatic heterocycles. The molecule has 2 amide bonds. The summed E-state index contributed by atoms with van der Waals surface area (Å²) >= 11 is 0. The summed E-state index contributed by atoms with van der Waals surface area (Å²) in [7, 11) is 0. The molecule has 3 aliphatic heterocycles. The van der Waals surface area contributed by atoms with E-state index >= 15 is 0 Å². The van der Waals surface area contributed by atoms with Crippen LogP contribution >= 0.6 is 0 Å². The third-order valence-corrected chi connectivity index (χ3v) is 6.25. The fraction of sp³-hybridized carbons (Fsp3) is 0.750. The molecule has 8 nitrogen and oxygen atoms in total. The molecule has 4 atom stereocenters. The molecule has 4 heterocycles. The predicted molar refractivity (Wildman–Crippen MR) is 102 cm³/mol. The monoisotopic (exact) mass is 390 g/mol. The highest BCUT2D eigenvalue weighted by atomic mass is 16.5. The number of likely N-dealkylation sites (tertiary alicyclic amines) is 1. The van der Waals surface area contributed by atoms with Gasteiger partial charge in [0.05, 0.1) is 36.5 Å². The fourth-order valence-corrected chi connectivity index (χ4v) is 4.95. The summed E-state index contributed by atoms with van der Waals surface area (Å²) in [5.74, 6) is 0.174. The van der Waals surface area contributed by atoms with Crippen molar-refractivity contribution in [2.45, 2.75) is 46.4 Å². The van der Waals surface area contributed by atoms with Gasteiger partial charge in [0.1, 0.15) is 6.54 Å². The molecule has 0 bridgehead atoms. The number of aromatic nitrogens is 2. The number of hydrogen-bond donors (Lipinski definition) is 0. The number of amides is 2. The van der Waals surface area contributed by atoms with E-state index in [4.69, 9.17) is 9.47 Å². The minimum absolute atomic E-state index is 0.0106. The molecule has 3 saturated heterocycles. The molecule has 4 rings (SSSR count). The standard InChI is InChI=1S/C20H30N4O4/c1-13-5-14(2)24(21-13)9-18(25)23-8-17-10-27-12-20(17,11-23)19(26)22-6-15(3)28-16(4)7-22/h5,15-17H,6-12H2,1-4H3/t15-,16+,17-,20-/m1/s1. The Balaban J connectivity index is 1.49. The Hall–Kier alpha value is -1.93. The maximum absolute atomic E-state index is 13.5. The molecule has 0 aliphatic carbocycles. The van der Waals surface area contributed by atoms with Crippen molar-refractivity contribution >= 4 is 11.8 Å². The van der Waals surface area contributed by atoms with Gasteiger partial charge >= 0.3 is 0 Å². The first kappa shape index (κ1) is 19.4. The highest BCUT2D eigenvalue weighted by molar-refractivity contribution is 5.86. The number of hydrogen-bond acceptors (Lipinski definition) is 5. The lowest BCUT2D eigenvalue weighted by molar-refractivity contribution is -0.154. The Morgan fingerprint density at radius 1 is 1.18 bits per heavy atom. The summed E-state index contributed by atoms with van der Waals surface area (Å²) < 4.78 is 13.2. The van der Waals surface area contributed by atoms with Crippen LogP contribution in [-0.2, 0) is 25.6 Å². The summed E-state index contributed by atoms with van der Waals surface area (Å²) in [6, 6.07) is 1.96. The number of rotatable bonds is 3. The van der Waals surface area contributed by atoms with Gasteiger partial charge in [0.25, 0.3) is 0 Å². The molecule has 28 heavy (non-hydrogen) atoms. The molecule has 1 aromatic rings. The van der Waals surface area contributed by atoms with E-state index < -0.39 is 5.41 Å². The zero-order chi connectivity index (χ0) is 20.1. The van der Waals surface area contributed by atoms with Crippen molar-refractivity contribution in [1.82, 2.24) is 19.6 Å². The van der Waals surface area contributed by atoms with Crippen LogP contribution in [0.3, 0.4) is 0 Å². The maximum Gasteiger partial charge on any atom is 0.244 e. The van der Waals surface area contributed by atoms with Gasteiger partial charge in [0, 0.05) is 37.8 Å². The van der Waals surface area contributed by atoms with Crippen LogP contribution in [0.25, 0.3) is 0 Å². The largest absolute Gasteiger partial charge is 0.380 e. The zero-order valence-corrected chi connectivity index (χ0v) is 17.2. The molecule has 8 heteroatoms. The topological polar surface area (TPSA) is 76.9 Å². The van der Waals surface area contributed by atoms with Gasteiger partial charge in [-0.05, 0) is 33.8 Å². The summed E-state index contributed by atoms with van der Waals surface area (Å²) in [6.07, 6.45) is 0.0464. The number of ether oxygens (including phenoxy) is 2. The fourth-order valence-electron chi connectivity index (χ4n) is 4.95. The van der Waals surface area contributed by atoms with Gasteiger partial charge in [-0.2, -0.15) is 5.10 Å². The van der Waals surface area contributed by atoms with E-state index in [1.807, 2.05) is 43.6 Å². The van der Waals surface area contributed by atoms with Gasteiger partial charge in [-0.1, -0.05) is 0 Å². The van der Waals surface area contributed by atoms with Crippen LogP contribution in [0.15, 0.2) is 6.07 Å². The van der Waals surface area contributed by atoms with Crippen molar-refractivity contribution in [2.24, 2.45) is 11.3 Å². The van der Waals surface area contributed by atoms with Crippen molar-refractivity contribution in [3.8, 4) is 0 Å². The lowest BCUT2D eigenvalue weighted by Gasteiger charge is -2.40. The van der Waals surface area contributed by atoms with Crippen LogP contribution in [-0.4, -0.2) is 83.0 Å². The number of fused-ring (bicyclic) bond motifs is 1. The smallest absolute Gasteiger partial charge is 0.244 e. The van der Waals surface area contributed by atoms with Crippen LogP contribution in [0.4, 0.5) is 0 Å². The predicted octanol–water partition coefficient (Wildman–Crippen LogP) is 0.611. The summed E-state index contributed by atoms with van der Waals surface area (Å²) in [5, 5.41) is 4.39. The Morgan fingerprint density at radius 3 is 2.54 bits per heavy atom. The van der Waals surface area contributed by atoms with Crippen molar-refractivity contribution in [3.05, 3.63) is 17.5 Å². The summed E-state index contributed by atoms with van der Waals surface area (Å²) in [6.45, 7) is 11.2. The first-order valence-corrected chi connectivity index (χ1v) is 10.1. The Labute approximate surface area is 165 Å². The van der Waals surface area contributed by atoms with Gasteiger partial charge in [0.2, 0.25) is 11.8 Å². The van der Waals surface area contributed by atoms with Crippen LogP contribution in [0, 0.1) is 25.2 Å². The van der Waals surface area contributed by atoms with Gasteiger partial charge in [0.15, 0.2) is 0 Å². The second-order valence-electron chi connectivity index (χ2n) is 8.69. The molecule has 0 saturated carbocycles. The molecule has 0 spiro atoms. The molecule has 0 N–H and O–H groups in total.